The van der Waals surface area contributed by atoms with Gasteiger partial charge in [-0.1, -0.05) is 0 Å². The van der Waals surface area contributed by atoms with Crippen molar-refractivity contribution in [3.05, 3.63) is 54.1 Å². The highest BCUT2D eigenvalue weighted by Crippen LogP contribution is 2.49. The van der Waals surface area contributed by atoms with Gasteiger partial charge in [-0.2, -0.15) is 0 Å². The first kappa shape index (κ1) is 15.6. The molecule has 2 aliphatic carbocycles. The van der Waals surface area contributed by atoms with Gasteiger partial charge in [0.05, 0.1) is 11.3 Å². The smallest absolute Gasteiger partial charge is 0.134 e. The number of fused-ring (bicyclic) bond motifs is 5. The first-order chi connectivity index (χ1) is 12.1. The Balaban J connectivity index is 1.83. The van der Waals surface area contributed by atoms with Gasteiger partial charge in [-0.15, -0.1) is 22.7 Å². The van der Waals surface area contributed by atoms with E-state index in [2.05, 4.69) is 43.2 Å². The number of hydrogen-bond acceptors (Lipinski definition) is 6. The molecule has 1 aliphatic heterocycles. The molecular formula is C19H16N2OS3. The fraction of sp³-hybridized carbons (Fsp3) is 0.263. The van der Waals surface area contributed by atoms with Gasteiger partial charge in [0.15, 0.2) is 0 Å². The first-order valence-corrected chi connectivity index (χ1v) is 10.2. The predicted molar refractivity (Wildman–Crippen MR) is 109 cm³/mol. The SMILES string of the molecule is Cc1cc2c(s1)C1=C(OC2)C2=C(/C(=N/S)C1=N)c1sc(C)cc1CC2. The maximum atomic E-state index is 8.84. The number of nitrogens with one attached hydrogen (secondary N) is 1. The number of aryl methyl sites for hydroxylation is 3. The van der Waals surface area contributed by atoms with Crippen molar-refractivity contribution in [2.75, 3.05) is 0 Å². The van der Waals surface area contributed by atoms with Gasteiger partial charge in [0, 0.05) is 36.2 Å². The van der Waals surface area contributed by atoms with Gasteiger partial charge in [0.25, 0.3) is 0 Å². The van der Waals surface area contributed by atoms with E-state index in [9.17, 15) is 0 Å². The fourth-order valence-corrected chi connectivity index (χ4v) is 6.39. The van der Waals surface area contributed by atoms with Crippen molar-refractivity contribution >= 4 is 58.1 Å². The van der Waals surface area contributed by atoms with Gasteiger partial charge in [-0.05, 0) is 57.2 Å². The quantitative estimate of drug-likeness (QED) is 0.464. The van der Waals surface area contributed by atoms with Crippen LogP contribution >= 0.6 is 35.5 Å². The zero-order valence-corrected chi connectivity index (χ0v) is 16.4. The van der Waals surface area contributed by atoms with E-state index in [1.807, 2.05) is 0 Å². The number of hydrogen-bond donors (Lipinski definition) is 2. The Labute approximate surface area is 159 Å². The average molecular weight is 385 g/mol. The summed E-state index contributed by atoms with van der Waals surface area (Å²) in [5, 5.41) is 8.84. The first-order valence-electron chi connectivity index (χ1n) is 8.20. The molecule has 0 bridgehead atoms. The molecule has 5 rings (SSSR count). The van der Waals surface area contributed by atoms with Crippen LogP contribution in [-0.2, 0) is 17.8 Å². The largest absolute Gasteiger partial charge is 0.488 e. The van der Waals surface area contributed by atoms with Crippen molar-refractivity contribution in [2.45, 2.75) is 33.3 Å². The molecule has 0 aromatic carbocycles. The minimum Gasteiger partial charge on any atom is -0.488 e. The second-order valence-electron chi connectivity index (χ2n) is 6.59. The van der Waals surface area contributed by atoms with Crippen molar-refractivity contribution in [1.82, 2.24) is 0 Å². The summed E-state index contributed by atoms with van der Waals surface area (Å²) in [7, 11) is 0. The Kier molecular flexibility index (Phi) is 3.39. The van der Waals surface area contributed by atoms with Gasteiger partial charge in [0.1, 0.15) is 18.1 Å². The molecule has 0 amide bonds. The second-order valence-corrected chi connectivity index (χ2v) is 9.31. The van der Waals surface area contributed by atoms with Crippen LogP contribution < -0.4 is 0 Å². The molecule has 25 heavy (non-hydrogen) atoms. The van der Waals surface area contributed by atoms with Crippen molar-refractivity contribution in [1.29, 1.82) is 5.41 Å². The van der Waals surface area contributed by atoms with Crippen molar-refractivity contribution in [2.24, 2.45) is 4.40 Å². The minimum atomic E-state index is 0.436. The Bertz CT molecular complexity index is 1050. The summed E-state index contributed by atoms with van der Waals surface area (Å²) in [6.07, 6.45) is 1.94. The third-order valence-corrected chi connectivity index (χ3v) is 7.38. The van der Waals surface area contributed by atoms with Gasteiger partial charge in [-0.25, -0.2) is 4.40 Å². The molecule has 3 aliphatic rings. The van der Waals surface area contributed by atoms with E-state index in [1.54, 1.807) is 22.7 Å². The zero-order valence-electron chi connectivity index (χ0n) is 13.9. The molecule has 0 saturated heterocycles. The number of nitrogens with zero attached hydrogens (tertiary/aromatic N) is 1. The van der Waals surface area contributed by atoms with Crippen molar-refractivity contribution < 1.29 is 4.74 Å². The maximum Gasteiger partial charge on any atom is 0.134 e. The predicted octanol–water partition coefficient (Wildman–Crippen LogP) is 5.39. The zero-order chi connectivity index (χ0) is 17.3. The van der Waals surface area contributed by atoms with Gasteiger partial charge in [-0.3, -0.25) is 5.41 Å². The summed E-state index contributed by atoms with van der Waals surface area (Å²) in [4.78, 5) is 4.95. The topological polar surface area (TPSA) is 45.4 Å². The standard InChI is InChI=1S/C19H16N2OS3/c1-8-5-10-3-4-12-13(18(10)24-8)16(21-23)15(20)14-17(12)22-7-11-6-9(2)25-19(11)14/h5-6,20,23H,3-4,7H2,1-2H3/b20-15?,21-16-. The van der Waals surface area contributed by atoms with E-state index in [4.69, 9.17) is 10.1 Å². The lowest BCUT2D eigenvalue weighted by molar-refractivity contribution is 0.203. The Hall–Kier alpha value is -1.63. The lowest BCUT2D eigenvalue weighted by Crippen LogP contribution is -2.28. The monoisotopic (exact) mass is 384 g/mol. The van der Waals surface area contributed by atoms with Crippen molar-refractivity contribution in [3.63, 3.8) is 0 Å². The third-order valence-electron chi connectivity index (χ3n) is 4.96. The molecule has 2 aromatic rings. The van der Waals surface area contributed by atoms with E-state index < -0.39 is 0 Å². The second kappa shape index (κ2) is 5.43. The van der Waals surface area contributed by atoms with Gasteiger partial charge in [0.2, 0.25) is 0 Å². The molecular weight excluding hydrogens is 368 g/mol. The molecule has 3 heterocycles. The van der Waals surface area contributed by atoms with Crippen LogP contribution in [0.3, 0.4) is 0 Å². The Morgan fingerprint density at radius 1 is 1.04 bits per heavy atom. The van der Waals surface area contributed by atoms with E-state index in [0.29, 0.717) is 18.0 Å². The molecule has 0 saturated carbocycles. The molecule has 0 fully saturated rings. The maximum absolute atomic E-state index is 8.84. The summed E-state index contributed by atoms with van der Waals surface area (Å²) in [6.45, 7) is 4.83. The number of thiol groups is 1. The highest BCUT2D eigenvalue weighted by Gasteiger charge is 2.39. The fourth-order valence-electron chi connectivity index (χ4n) is 3.98. The van der Waals surface area contributed by atoms with Gasteiger partial charge < -0.3 is 4.74 Å². The van der Waals surface area contributed by atoms with E-state index in [1.165, 1.54) is 31.3 Å². The third kappa shape index (κ3) is 2.11. The highest BCUT2D eigenvalue weighted by atomic mass is 32.1. The molecule has 0 spiro atoms. The number of ether oxygens (including phenoxy) is 1. The average Bonchev–Trinajstić information content (AvgIpc) is 3.15. The molecule has 126 valence electrons. The molecule has 0 radical (unpaired) electrons. The summed E-state index contributed by atoms with van der Waals surface area (Å²) in [5.41, 5.74) is 6.82. The Morgan fingerprint density at radius 3 is 2.44 bits per heavy atom. The molecule has 3 nitrogen and oxygen atoms in total. The van der Waals surface area contributed by atoms with Crippen LogP contribution in [0.2, 0.25) is 0 Å². The summed E-state index contributed by atoms with van der Waals surface area (Å²) < 4.78 is 10.4. The lowest BCUT2D eigenvalue weighted by Gasteiger charge is -2.32. The summed E-state index contributed by atoms with van der Waals surface area (Å²) >= 11 is 7.75. The van der Waals surface area contributed by atoms with Crippen LogP contribution in [-0.4, -0.2) is 11.4 Å². The number of thiophene rings is 2. The van der Waals surface area contributed by atoms with Crippen LogP contribution in [0.25, 0.3) is 11.1 Å². The van der Waals surface area contributed by atoms with E-state index in [0.717, 1.165) is 34.6 Å². The molecule has 6 heteroatoms. The molecule has 1 N–H and O–H groups in total. The molecule has 0 atom stereocenters. The van der Waals surface area contributed by atoms with Gasteiger partial charge >= 0.3 is 0 Å². The van der Waals surface area contributed by atoms with Crippen LogP contribution in [0, 0.1) is 19.3 Å². The van der Waals surface area contributed by atoms with Crippen LogP contribution in [0.4, 0.5) is 0 Å². The highest BCUT2D eigenvalue weighted by molar-refractivity contribution is 7.79. The number of allylic oxidation sites excluding steroid dienone is 3. The van der Waals surface area contributed by atoms with Crippen LogP contribution in [0.1, 0.15) is 37.1 Å². The lowest BCUT2D eigenvalue weighted by atomic mass is 9.78. The Morgan fingerprint density at radius 2 is 1.72 bits per heavy atom. The van der Waals surface area contributed by atoms with Crippen LogP contribution in [0.5, 0.6) is 0 Å². The van der Waals surface area contributed by atoms with E-state index >= 15 is 0 Å². The van der Waals surface area contributed by atoms with Crippen molar-refractivity contribution in [3.8, 4) is 0 Å². The summed E-state index contributed by atoms with van der Waals surface area (Å²) in [5.74, 6) is 0.895. The molecule has 2 aromatic heterocycles. The van der Waals surface area contributed by atoms with Crippen LogP contribution in [0.15, 0.2) is 27.9 Å². The normalized spacial score (nSPS) is 20.3. The van der Waals surface area contributed by atoms with E-state index in [-0.39, 0.29) is 0 Å². The summed E-state index contributed by atoms with van der Waals surface area (Å²) in [6, 6.07) is 4.43. The number of rotatable bonds is 0. The minimum absolute atomic E-state index is 0.436. The molecule has 0 unspecified atom stereocenters.